The number of nitrogens with one attached hydrogen (secondary N) is 1. The first-order chi connectivity index (χ1) is 11.1. The van der Waals surface area contributed by atoms with Crippen molar-refractivity contribution in [2.24, 2.45) is 7.05 Å². The first-order valence-electron chi connectivity index (χ1n) is 7.16. The molecule has 0 saturated carbocycles. The molecule has 0 saturated heterocycles. The highest BCUT2D eigenvalue weighted by Gasteiger charge is 2.20. The summed E-state index contributed by atoms with van der Waals surface area (Å²) in [4.78, 5) is 17.4. The van der Waals surface area contributed by atoms with Gasteiger partial charge in [-0.25, -0.2) is 4.39 Å². The second-order valence-electron chi connectivity index (χ2n) is 5.24. The second-order valence-corrected chi connectivity index (χ2v) is 5.24. The summed E-state index contributed by atoms with van der Waals surface area (Å²) in [5.74, 6) is -0.562. The second kappa shape index (κ2) is 6.21. The summed E-state index contributed by atoms with van der Waals surface area (Å²) in [6, 6.07) is 6.10. The minimum absolute atomic E-state index is 0.216. The van der Waals surface area contributed by atoms with Crippen molar-refractivity contribution in [2.75, 3.05) is 25.2 Å². The molecule has 2 aromatic heterocycles. The molecule has 0 unspecified atom stereocenters. The van der Waals surface area contributed by atoms with Gasteiger partial charge in [-0.1, -0.05) is 0 Å². The zero-order valence-corrected chi connectivity index (χ0v) is 12.9. The van der Waals surface area contributed by atoms with Gasteiger partial charge in [0.15, 0.2) is 0 Å². The first-order valence-corrected chi connectivity index (χ1v) is 7.16. The molecule has 1 N–H and O–H groups in total. The maximum Gasteiger partial charge on any atom is 0.274 e. The van der Waals surface area contributed by atoms with E-state index in [-0.39, 0.29) is 11.7 Å². The molecule has 7 heteroatoms. The van der Waals surface area contributed by atoms with Gasteiger partial charge in [0.25, 0.3) is 5.91 Å². The summed E-state index contributed by atoms with van der Waals surface area (Å²) in [7, 11) is 3.37. The number of methoxy groups -OCH3 is 1. The van der Waals surface area contributed by atoms with Gasteiger partial charge >= 0.3 is 0 Å². The van der Waals surface area contributed by atoms with Gasteiger partial charge in [-0.15, -0.1) is 0 Å². The van der Waals surface area contributed by atoms with Gasteiger partial charge in [-0.3, -0.25) is 9.48 Å². The molecule has 23 heavy (non-hydrogen) atoms. The van der Waals surface area contributed by atoms with Gasteiger partial charge in [0.05, 0.1) is 18.5 Å². The predicted octanol–water partition coefficient (Wildman–Crippen LogP) is 2.33. The van der Waals surface area contributed by atoms with Crippen LogP contribution < -0.4 is 4.90 Å². The predicted molar refractivity (Wildman–Crippen MR) is 85.0 cm³/mol. The van der Waals surface area contributed by atoms with Gasteiger partial charge in [-0.05, 0) is 24.3 Å². The molecule has 0 aliphatic rings. The number of H-pyrrole nitrogens is 1. The fourth-order valence-electron chi connectivity index (χ4n) is 2.44. The summed E-state index contributed by atoms with van der Waals surface area (Å²) in [5.41, 5.74) is 1.66. The Kier molecular flexibility index (Phi) is 4.12. The van der Waals surface area contributed by atoms with Crippen LogP contribution in [0.2, 0.25) is 0 Å². The molecule has 1 amide bonds. The topological polar surface area (TPSA) is 63.1 Å². The fourth-order valence-corrected chi connectivity index (χ4v) is 2.44. The van der Waals surface area contributed by atoms with E-state index in [1.165, 1.54) is 12.1 Å². The first kappa shape index (κ1) is 15.2. The monoisotopic (exact) mass is 316 g/mol. The molecule has 6 nitrogen and oxygen atoms in total. The number of carbonyl (C=O) groups excluding carboxylic acids is 1. The number of nitrogens with zero attached hydrogens (tertiary/aromatic N) is 3. The highest BCUT2D eigenvalue weighted by atomic mass is 19.1. The zero-order chi connectivity index (χ0) is 16.4. The van der Waals surface area contributed by atoms with Crippen LogP contribution in [0.15, 0.2) is 36.7 Å². The molecule has 0 fully saturated rings. The number of carbonyl (C=O) groups is 1. The van der Waals surface area contributed by atoms with Crippen molar-refractivity contribution in [3.8, 4) is 0 Å². The third-order valence-electron chi connectivity index (χ3n) is 3.58. The minimum atomic E-state index is -0.346. The number of rotatable bonds is 5. The Balaban J connectivity index is 1.95. The van der Waals surface area contributed by atoms with E-state index in [1.807, 2.05) is 0 Å². The maximum absolute atomic E-state index is 13.3. The summed E-state index contributed by atoms with van der Waals surface area (Å²) in [6.07, 6.45) is 3.38. The number of amides is 1. The van der Waals surface area contributed by atoms with E-state index in [2.05, 4.69) is 10.1 Å². The molecule has 0 radical (unpaired) electrons. The summed E-state index contributed by atoms with van der Waals surface area (Å²) in [5, 5.41) is 4.88. The van der Waals surface area contributed by atoms with E-state index in [0.29, 0.717) is 30.0 Å². The third-order valence-corrected chi connectivity index (χ3v) is 3.58. The lowest BCUT2D eigenvalue weighted by Gasteiger charge is -2.19. The Morgan fingerprint density at radius 3 is 2.96 bits per heavy atom. The quantitative estimate of drug-likeness (QED) is 0.786. The van der Waals surface area contributed by atoms with E-state index < -0.39 is 0 Å². The molecule has 0 atom stereocenters. The number of aromatic nitrogens is 3. The largest absolute Gasteiger partial charge is 0.383 e. The Hall–Kier alpha value is -2.67. The molecule has 1 aromatic carbocycles. The fraction of sp³-hybridized carbons (Fsp3) is 0.250. The lowest BCUT2D eigenvalue weighted by atomic mass is 10.2. The van der Waals surface area contributed by atoms with Crippen molar-refractivity contribution in [1.82, 2.24) is 14.8 Å². The number of ether oxygens (including phenoxy) is 1. The van der Waals surface area contributed by atoms with Crippen LogP contribution in [0.1, 0.15) is 10.5 Å². The number of hydrogen-bond acceptors (Lipinski definition) is 3. The van der Waals surface area contributed by atoms with Crippen LogP contribution in [0, 0.1) is 5.82 Å². The van der Waals surface area contributed by atoms with Crippen molar-refractivity contribution in [1.29, 1.82) is 0 Å². The smallest absolute Gasteiger partial charge is 0.274 e. The van der Waals surface area contributed by atoms with E-state index >= 15 is 0 Å². The van der Waals surface area contributed by atoms with E-state index in [4.69, 9.17) is 4.74 Å². The lowest BCUT2D eigenvalue weighted by Crippen LogP contribution is -2.34. The van der Waals surface area contributed by atoms with Gasteiger partial charge in [0.2, 0.25) is 0 Å². The molecule has 0 bridgehead atoms. The van der Waals surface area contributed by atoms with Crippen LogP contribution >= 0.6 is 0 Å². The average Bonchev–Trinajstić information content (AvgIpc) is 3.13. The standard InChI is InChI=1S/C16H17FN4O2/c1-20-10-13(9-18-20)21(5-6-23-2)16(22)15-7-11-3-4-12(17)8-14(11)19-15/h3-4,7-10,19H,5-6H2,1-2H3. The SMILES string of the molecule is COCCN(C(=O)c1cc2ccc(F)cc2[nH]1)c1cnn(C)c1. The Labute approximate surface area is 132 Å². The molecule has 2 heterocycles. The Morgan fingerprint density at radius 1 is 1.43 bits per heavy atom. The molecule has 0 spiro atoms. The summed E-state index contributed by atoms with van der Waals surface area (Å²) < 4.78 is 20.0. The van der Waals surface area contributed by atoms with E-state index in [1.54, 1.807) is 48.3 Å². The van der Waals surface area contributed by atoms with Crippen molar-refractivity contribution < 1.29 is 13.9 Å². The Morgan fingerprint density at radius 2 is 2.26 bits per heavy atom. The van der Waals surface area contributed by atoms with Crippen molar-refractivity contribution in [2.45, 2.75) is 0 Å². The van der Waals surface area contributed by atoms with Crippen molar-refractivity contribution in [3.63, 3.8) is 0 Å². The highest BCUT2D eigenvalue weighted by molar-refractivity contribution is 6.07. The molecule has 0 aliphatic heterocycles. The Bertz CT molecular complexity index is 840. The maximum atomic E-state index is 13.3. The third kappa shape index (κ3) is 3.09. The van der Waals surface area contributed by atoms with Gasteiger partial charge < -0.3 is 14.6 Å². The lowest BCUT2D eigenvalue weighted by molar-refractivity contribution is 0.0972. The highest BCUT2D eigenvalue weighted by Crippen LogP contribution is 2.20. The number of hydrogen-bond donors (Lipinski definition) is 1. The summed E-state index contributed by atoms with van der Waals surface area (Å²) >= 11 is 0. The molecule has 3 aromatic rings. The van der Waals surface area contributed by atoms with Gasteiger partial charge in [-0.2, -0.15) is 5.10 Å². The van der Waals surface area contributed by atoms with Gasteiger partial charge in [0.1, 0.15) is 11.5 Å². The molecular weight excluding hydrogens is 299 g/mol. The zero-order valence-electron chi connectivity index (χ0n) is 12.9. The normalized spacial score (nSPS) is 11.1. The van der Waals surface area contributed by atoms with Crippen LogP contribution in [-0.2, 0) is 11.8 Å². The van der Waals surface area contributed by atoms with E-state index in [0.717, 1.165) is 5.39 Å². The van der Waals surface area contributed by atoms with Crippen LogP contribution in [0.4, 0.5) is 10.1 Å². The van der Waals surface area contributed by atoms with Crippen LogP contribution in [-0.4, -0.2) is 40.9 Å². The van der Waals surface area contributed by atoms with Crippen molar-refractivity contribution in [3.05, 3.63) is 48.2 Å². The summed E-state index contributed by atoms with van der Waals surface area (Å²) in [6.45, 7) is 0.792. The van der Waals surface area contributed by atoms with Gasteiger partial charge in [0, 0.05) is 37.8 Å². The number of fused-ring (bicyclic) bond motifs is 1. The minimum Gasteiger partial charge on any atom is -0.383 e. The molecule has 120 valence electrons. The number of anilines is 1. The van der Waals surface area contributed by atoms with Crippen LogP contribution in [0.3, 0.4) is 0 Å². The molecule has 3 rings (SSSR count). The average molecular weight is 316 g/mol. The molecule has 0 aliphatic carbocycles. The number of aryl methyl sites for hydroxylation is 1. The number of benzene rings is 1. The van der Waals surface area contributed by atoms with Crippen LogP contribution in [0.5, 0.6) is 0 Å². The number of aromatic amines is 1. The molecular formula is C16H17FN4O2. The van der Waals surface area contributed by atoms with E-state index in [9.17, 15) is 9.18 Å². The van der Waals surface area contributed by atoms with Crippen LogP contribution in [0.25, 0.3) is 10.9 Å². The van der Waals surface area contributed by atoms with Crippen molar-refractivity contribution >= 4 is 22.5 Å². The number of halogens is 1.